The predicted octanol–water partition coefficient (Wildman–Crippen LogP) is 5.20. The molecule has 0 spiro atoms. The van der Waals surface area contributed by atoms with Crippen LogP contribution in [0.5, 0.6) is 0 Å². The third-order valence-electron chi connectivity index (χ3n) is 5.04. The van der Waals surface area contributed by atoms with E-state index in [4.69, 9.17) is 10.3 Å². The smallest absolute Gasteiger partial charge is 0.246 e. The zero-order valence-electron chi connectivity index (χ0n) is 18.2. The highest BCUT2D eigenvalue weighted by molar-refractivity contribution is 5.85. The number of aryl methyl sites for hydroxylation is 1. The number of nitrogens with two attached hydrogens (primary N) is 1. The van der Waals surface area contributed by atoms with Crippen LogP contribution in [0.3, 0.4) is 0 Å². The Kier molecular flexibility index (Phi) is 13.8. The maximum absolute atomic E-state index is 11.6. The molecule has 0 aliphatic carbocycles. The highest BCUT2D eigenvalue weighted by atomic mass is 35.5. The number of halogens is 1. The summed E-state index contributed by atoms with van der Waals surface area (Å²) in [6.45, 7) is 3.01. The molecule has 0 saturated heterocycles. The SMILES string of the molecule is CCCCCCCCCCc1ccc(-c2noc(CNC(=O)CCCN)n2)cc1.Cl. The van der Waals surface area contributed by atoms with Gasteiger partial charge >= 0.3 is 0 Å². The largest absolute Gasteiger partial charge is 0.347 e. The van der Waals surface area contributed by atoms with Crippen molar-refractivity contribution < 1.29 is 9.32 Å². The summed E-state index contributed by atoms with van der Waals surface area (Å²) < 4.78 is 5.23. The minimum Gasteiger partial charge on any atom is -0.347 e. The van der Waals surface area contributed by atoms with Crippen molar-refractivity contribution in [3.63, 3.8) is 0 Å². The van der Waals surface area contributed by atoms with Gasteiger partial charge in [0.15, 0.2) is 0 Å². The Morgan fingerprint density at radius 3 is 2.33 bits per heavy atom. The fourth-order valence-electron chi connectivity index (χ4n) is 3.25. The van der Waals surface area contributed by atoms with E-state index in [2.05, 4.69) is 34.5 Å². The maximum atomic E-state index is 11.6. The number of unbranched alkanes of at least 4 members (excludes halogenated alkanes) is 7. The summed E-state index contributed by atoms with van der Waals surface area (Å²) >= 11 is 0. The van der Waals surface area contributed by atoms with E-state index in [9.17, 15) is 4.79 Å². The van der Waals surface area contributed by atoms with Gasteiger partial charge in [0.2, 0.25) is 17.6 Å². The first-order valence-corrected chi connectivity index (χ1v) is 11.1. The van der Waals surface area contributed by atoms with Gasteiger partial charge in [-0.25, -0.2) is 0 Å². The summed E-state index contributed by atoms with van der Waals surface area (Å²) in [5, 5.41) is 6.78. The Balaban J connectivity index is 0.00000450. The summed E-state index contributed by atoms with van der Waals surface area (Å²) in [5.74, 6) is 0.902. The van der Waals surface area contributed by atoms with Crippen LogP contribution in [-0.2, 0) is 17.8 Å². The van der Waals surface area contributed by atoms with Crippen molar-refractivity contribution in [3.05, 3.63) is 35.7 Å². The molecule has 168 valence electrons. The molecule has 2 rings (SSSR count). The molecule has 0 aliphatic rings. The van der Waals surface area contributed by atoms with Crippen molar-refractivity contribution in [2.24, 2.45) is 5.73 Å². The van der Waals surface area contributed by atoms with Crippen LogP contribution in [0.1, 0.15) is 82.6 Å². The third-order valence-corrected chi connectivity index (χ3v) is 5.04. The lowest BCUT2D eigenvalue weighted by Gasteiger charge is -2.03. The number of amides is 1. The van der Waals surface area contributed by atoms with Crippen molar-refractivity contribution >= 4 is 18.3 Å². The van der Waals surface area contributed by atoms with Gasteiger partial charge in [-0.15, -0.1) is 12.4 Å². The minimum atomic E-state index is -0.0551. The van der Waals surface area contributed by atoms with Gasteiger partial charge in [0, 0.05) is 12.0 Å². The Hall–Kier alpha value is -1.92. The van der Waals surface area contributed by atoms with Gasteiger partial charge in [-0.2, -0.15) is 4.98 Å². The fourth-order valence-corrected chi connectivity index (χ4v) is 3.25. The lowest BCUT2D eigenvalue weighted by Crippen LogP contribution is -2.23. The fraction of sp³-hybridized carbons (Fsp3) is 0.609. The van der Waals surface area contributed by atoms with Crippen LogP contribution in [-0.4, -0.2) is 22.6 Å². The first-order chi connectivity index (χ1) is 14.2. The predicted molar refractivity (Wildman–Crippen MR) is 123 cm³/mol. The van der Waals surface area contributed by atoms with Crippen LogP contribution in [0.2, 0.25) is 0 Å². The number of nitrogens with one attached hydrogen (secondary N) is 1. The van der Waals surface area contributed by atoms with E-state index in [1.54, 1.807) is 0 Å². The van der Waals surface area contributed by atoms with Gasteiger partial charge in [-0.3, -0.25) is 4.79 Å². The Morgan fingerprint density at radius 2 is 1.67 bits per heavy atom. The van der Waals surface area contributed by atoms with Crippen LogP contribution >= 0.6 is 12.4 Å². The number of hydrogen-bond donors (Lipinski definition) is 2. The molecule has 0 fully saturated rings. The van der Waals surface area contributed by atoms with E-state index in [1.807, 2.05) is 12.1 Å². The second kappa shape index (κ2) is 15.9. The van der Waals surface area contributed by atoms with E-state index < -0.39 is 0 Å². The number of carbonyl (C=O) groups is 1. The van der Waals surface area contributed by atoms with E-state index in [1.165, 1.54) is 56.9 Å². The molecule has 0 bridgehead atoms. The number of aromatic nitrogens is 2. The van der Waals surface area contributed by atoms with E-state index >= 15 is 0 Å². The lowest BCUT2D eigenvalue weighted by atomic mass is 10.0. The molecular formula is C23H37ClN4O2. The molecular weight excluding hydrogens is 400 g/mol. The summed E-state index contributed by atoms with van der Waals surface area (Å²) in [5.41, 5.74) is 7.67. The monoisotopic (exact) mass is 436 g/mol. The molecule has 2 aromatic rings. The maximum Gasteiger partial charge on any atom is 0.246 e. The summed E-state index contributed by atoms with van der Waals surface area (Å²) in [6, 6.07) is 8.35. The standard InChI is InChI=1S/C23H36N4O2.ClH/c1-2-3-4-5-6-7-8-9-11-19-13-15-20(16-14-19)23-26-22(29-27-23)18-25-21(28)12-10-17-24;/h13-16H,2-12,17-18,24H2,1H3,(H,25,28);1H. The van der Waals surface area contributed by atoms with Gasteiger partial charge < -0.3 is 15.6 Å². The lowest BCUT2D eigenvalue weighted by molar-refractivity contribution is -0.121. The molecule has 0 radical (unpaired) electrons. The molecule has 1 amide bonds. The van der Waals surface area contributed by atoms with E-state index in [0.717, 1.165) is 12.0 Å². The number of carbonyl (C=O) groups excluding carboxylic acids is 1. The molecule has 6 nitrogen and oxygen atoms in total. The van der Waals surface area contributed by atoms with E-state index in [-0.39, 0.29) is 24.9 Å². The van der Waals surface area contributed by atoms with Crippen molar-refractivity contribution in [2.45, 2.75) is 84.1 Å². The third kappa shape index (κ3) is 10.2. The van der Waals surface area contributed by atoms with E-state index in [0.29, 0.717) is 31.1 Å². The average molecular weight is 437 g/mol. The minimum absolute atomic E-state index is 0. The molecule has 0 atom stereocenters. The molecule has 7 heteroatoms. The second-order valence-corrected chi connectivity index (χ2v) is 7.60. The average Bonchev–Trinajstić information content (AvgIpc) is 3.22. The van der Waals surface area contributed by atoms with Crippen LogP contribution in [0, 0.1) is 0 Å². The summed E-state index contributed by atoms with van der Waals surface area (Å²) in [7, 11) is 0. The van der Waals surface area contributed by atoms with Crippen molar-refractivity contribution in [1.82, 2.24) is 15.5 Å². The zero-order valence-corrected chi connectivity index (χ0v) is 19.0. The molecule has 1 aromatic carbocycles. The normalized spacial score (nSPS) is 10.6. The zero-order chi connectivity index (χ0) is 20.7. The van der Waals surface area contributed by atoms with Crippen molar-refractivity contribution in [1.29, 1.82) is 0 Å². The van der Waals surface area contributed by atoms with Crippen LogP contribution in [0.4, 0.5) is 0 Å². The van der Waals surface area contributed by atoms with Crippen LogP contribution < -0.4 is 11.1 Å². The van der Waals surface area contributed by atoms with Gasteiger partial charge in [0.1, 0.15) is 0 Å². The quantitative estimate of drug-likeness (QED) is 0.374. The highest BCUT2D eigenvalue weighted by Gasteiger charge is 2.10. The van der Waals surface area contributed by atoms with Gasteiger partial charge in [-0.1, -0.05) is 81.3 Å². The second-order valence-electron chi connectivity index (χ2n) is 7.60. The molecule has 0 unspecified atom stereocenters. The van der Waals surface area contributed by atoms with Crippen LogP contribution in [0.15, 0.2) is 28.8 Å². The first kappa shape index (κ1) is 26.1. The molecule has 1 aromatic heterocycles. The molecule has 30 heavy (non-hydrogen) atoms. The van der Waals surface area contributed by atoms with Gasteiger partial charge in [-0.05, 0) is 31.4 Å². The Morgan fingerprint density at radius 1 is 1.00 bits per heavy atom. The summed E-state index contributed by atoms with van der Waals surface area (Å²) in [4.78, 5) is 16.0. The molecule has 1 heterocycles. The van der Waals surface area contributed by atoms with Gasteiger partial charge in [0.05, 0.1) is 6.54 Å². The summed E-state index contributed by atoms with van der Waals surface area (Å²) in [6.07, 6.45) is 12.9. The van der Waals surface area contributed by atoms with Crippen molar-refractivity contribution in [2.75, 3.05) is 6.54 Å². The number of nitrogens with zero attached hydrogens (tertiary/aromatic N) is 2. The Bertz CT molecular complexity index is 703. The van der Waals surface area contributed by atoms with Crippen molar-refractivity contribution in [3.8, 4) is 11.4 Å². The molecule has 0 saturated carbocycles. The first-order valence-electron chi connectivity index (χ1n) is 11.1. The molecule has 3 N–H and O–H groups in total. The Labute approximate surface area is 186 Å². The molecule has 0 aliphatic heterocycles. The number of benzene rings is 1. The highest BCUT2D eigenvalue weighted by Crippen LogP contribution is 2.18. The number of rotatable bonds is 15. The van der Waals surface area contributed by atoms with Gasteiger partial charge in [0.25, 0.3) is 0 Å². The number of hydrogen-bond acceptors (Lipinski definition) is 5. The topological polar surface area (TPSA) is 94.0 Å². The van der Waals surface area contributed by atoms with Crippen LogP contribution in [0.25, 0.3) is 11.4 Å².